The van der Waals surface area contributed by atoms with Crippen molar-refractivity contribution in [1.29, 1.82) is 0 Å². The Bertz CT molecular complexity index is 519. The lowest BCUT2D eigenvalue weighted by Gasteiger charge is -2.32. The van der Waals surface area contributed by atoms with Gasteiger partial charge in [-0.25, -0.2) is 12.7 Å². The Hall–Kier alpha value is -0.610. The molecule has 0 aromatic heterocycles. The summed E-state index contributed by atoms with van der Waals surface area (Å²) < 4.78 is 25.4. The molecule has 134 valence electrons. The molecule has 0 spiro atoms. The van der Waals surface area contributed by atoms with Crippen molar-refractivity contribution < 1.29 is 8.42 Å². The molecule has 0 fully saturated rings. The Balaban J connectivity index is 2.78. The highest BCUT2D eigenvalue weighted by atomic mass is 32.2. The normalized spacial score (nSPS) is 23.4. The topological polar surface area (TPSA) is 37.4 Å². The van der Waals surface area contributed by atoms with Crippen molar-refractivity contribution in [2.24, 2.45) is 23.7 Å². The van der Waals surface area contributed by atoms with E-state index in [1.54, 1.807) is 4.31 Å². The molecule has 0 saturated carbocycles. The summed E-state index contributed by atoms with van der Waals surface area (Å²) in [5.41, 5.74) is 1.42. The maximum absolute atomic E-state index is 11.9. The van der Waals surface area contributed by atoms with Crippen LogP contribution >= 0.6 is 0 Å². The zero-order valence-corrected chi connectivity index (χ0v) is 16.6. The molecule has 4 heteroatoms. The van der Waals surface area contributed by atoms with Gasteiger partial charge < -0.3 is 0 Å². The minimum atomic E-state index is -3.09. The first-order valence-corrected chi connectivity index (χ1v) is 10.9. The summed E-state index contributed by atoms with van der Waals surface area (Å²) in [6.45, 7) is 12.3. The van der Waals surface area contributed by atoms with E-state index in [0.717, 1.165) is 19.3 Å². The summed E-state index contributed by atoms with van der Waals surface area (Å²) in [5.74, 6) is 2.13. The molecule has 1 rings (SSSR count). The van der Waals surface area contributed by atoms with Gasteiger partial charge in [0.05, 0.1) is 6.26 Å². The number of rotatable bonds is 9. The molecule has 3 atom stereocenters. The SMILES string of the molecule is CCCN(CCC(C)C1C=C(C(C)C)C=CC1CC)S(C)(=O)=O. The molecule has 3 unspecified atom stereocenters. The van der Waals surface area contributed by atoms with Gasteiger partial charge in [0.25, 0.3) is 0 Å². The lowest BCUT2D eigenvalue weighted by atomic mass is 9.74. The fourth-order valence-corrected chi connectivity index (χ4v) is 4.33. The van der Waals surface area contributed by atoms with E-state index < -0.39 is 10.0 Å². The van der Waals surface area contributed by atoms with Crippen LogP contribution in [0.1, 0.15) is 53.9 Å². The molecule has 0 amide bonds. The van der Waals surface area contributed by atoms with Crippen LogP contribution in [0.2, 0.25) is 0 Å². The van der Waals surface area contributed by atoms with E-state index in [4.69, 9.17) is 0 Å². The second kappa shape index (κ2) is 9.03. The highest BCUT2D eigenvalue weighted by molar-refractivity contribution is 7.88. The molecule has 0 heterocycles. The smallest absolute Gasteiger partial charge is 0.211 e. The summed E-state index contributed by atoms with van der Waals surface area (Å²) in [6, 6.07) is 0. The number of hydrogen-bond donors (Lipinski definition) is 0. The van der Waals surface area contributed by atoms with E-state index in [1.165, 1.54) is 11.8 Å². The maximum Gasteiger partial charge on any atom is 0.211 e. The first-order valence-electron chi connectivity index (χ1n) is 9.05. The van der Waals surface area contributed by atoms with Crippen LogP contribution in [-0.2, 0) is 10.0 Å². The third-order valence-corrected chi connectivity index (χ3v) is 6.29. The van der Waals surface area contributed by atoms with E-state index in [1.807, 2.05) is 6.92 Å². The third-order valence-electron chi connectivity index (χ3n) is 4.99. The van der Waals surface area contributed by atoms with Gasteiger partial charge in [-0.1, -0.05) is 52.8 Å². The van der Waals surface area contributed by atoms with Gasteiger partial charge in [0.2, 0.25) is 10.0 Å². The lowest BCUT2D eigenvalue weighted by Crippen LogP contribution is -2.33. The fraction of sp³-hybridized carbons (Fsp3) is 0.789. The molecule has 0 bridgehead atoms. The van der Waals surface area contributed by atoms with Crippen LogP contribution in [0.15, 0.2) is 23.8 Å². The van der Waals surface area contributed by atoms with Gasteiger partial charge in [0.1, 0.15) is 0 Å². The molecular weight excluding hydrogens is 306 g/mol. The molecule has 23 heavy (non-hydrogen) atoms. The highest BCUT2D eigenvalue weighted by Gasteiger charge is 2.26. The van der Waals surface area contributed by atoms with Crippen LogP contribution in [0.25, 0.3) is 0 Å². The quantitative estimate of drug-likeness (QED) is 0.620. The second-order valence-corrected chi connectivity index (χ2v) is 9.24. The van der Waals surface area contributed by atoms with Crippen molar-refractivity contribution in [3.8, 4) is 0 Å². The molecular formula is C19H35NO2S. The predicted octanol–water partition coefficient (Wildman–Crippen LogP) is 4.48. The summed E-state index contributed by atoms with van der Waals surface area (Å²) in [6.07, 6.45) is 11.3. The van der Waals surface area contributed by atoms with Crippen molar-refractivity contribution in [1.82, 2.24) is 4.31 Å². The first kappa shape index (κ1) is 20.4. The molecule has 0 saturated heterocycles. The van der Waals surface area contributed by atoms with Gasteiger partial charge in [0.15, 0.2) is 0 Å². The maximum atomic E-state index is 11.9. The number of nitrogens with zero attached hydrogens (tertiary/aromatic N) is 1. The standard InChI is InChI=1S/C19H35NO2S/c1-7-12-20(23(6,21)22)13-11-16(5)19-14-18(15(3)4)10-9-17(19)8-2/h9-10,14-17,19H,7-8,11-13H2,1-6H3. The summed E-state index contributed by atoms with van der Waals surface area (Å²) in [7, 11) is -3.09. The van der Waals surface area contributed by atoms with E-state index in [2.05, 4.69) is 45.9 Å². The number of hydrogen-bond acceptors (Lipinski definition) is 2. The number of allylic oxidation sites excluding steroid dienone is 4. The fourth-order valence-electron chi connectivity index (χ4n) is 3.38. The van der Waals surface area contributed by atoms with Crippen molar-refractivity contribution >= 4 is 10.0 Å². The average molecular weight is 342 g/mol. The van der Waals surface area contributed by atoms with Gasteiger partial charge in [-0.3, -0.25) is 0 Å². The van der Waals surface area contributed by atoms with Crippen LogP contribution in [0.5, 0.6) is 0 Å². The van der Waals surface area contributed by atoms with Crippen molar-refractivity contribution in [3.63, 3.8) is 0 Å². The van der Waals surface area contributed by atoms with Gasteiger partial charge in [-0.15, -0.1) is 0 Å². The van der Waals surface area contributed by atoms with Crippen LogP contribution in [0.3, 0.4) is 0 Å². The van der Waals surface area contributed by atoms with Crippen LogP contribution < -0.4 is 0 Å². The molecule has 0 aromatic carbocycles. The Morgan fingerprint density at radius 1 is 1.17 bits per heavy atom. The van der Waals surface area contributed by atoms with Gasteiger partial charge >= 0.3 is 0 Å². The number of sulfonamides is 1. The van der Waals surface area contributed by atoms with E-state index in [9.17, 15) is 8.42 Å². The van der Waals surface area contributed by atoms with Crippen LogP contribution in [0, 0.1) is 23.7 Å². The molecule has 1 aliphatic carbocycles. The van der Waals surface area contributed by atoms with Crippen LogP contribution in [0.4, 0.5) is 0 Å². The van der Waals surface area contributed by atoms with E-state index in [-0.39, 0.29) is 0 Å². The second-order valence-electron chi connectivity index (χ2n) is 7.26. The Morgan fingerprint density at radius 3 is 2.30 bits per heavy atom. The highest BCUT2D eigenvalue weighted by Crippen LogP contribution is 2.35. The van der Waals surface area contributed by atoms with E-state index in [0.29, 0.717) is 36.8 Å². The van der Waals surface area contributed by atoms with Gasteiger partial charge in [-0.2, -0.15) is 0 Å². The average Bonchev–Trinajstić information content (AvgIpc) is 2.49. The lowest BCUT2D eigenvalue weighted by molar-refractivity contribution is 0.285. The predicted molar refractivity (Wildman–Crippen MR) is 99.8 cm³/mol. The molecule has 3 nitrogen and oxygen atoms in total. The molecule has 0 N–H and O–H groups in total. The molecule has 0 aliphatic heterocycles. The van der Waals surface area contributed by atoms with Crippen molar-refractivity contribution in [2.75, 3.05) is 19.3 Å². The minimum absolute atomic E-state index is 0.486. The summed E-state index contributed by atoms with van der Waals surface area (Å²) in [4.78, 5) is 0. The summed E-state index contributed by atoms with van der Waals surface area (Å²) >= 11 is 0. The Kier molecular flexibility index (Phi) is 8.02. The van der Waals surface area contributed by atoms with Crippen molar-refractivity contribution in [3.05, 3.63) is 23.8 Å². The zero-order valence-electron chi connectivity index (χ0n) is 15.7. The Labute approximate surface area is 143 Å². The monoisotopic (exact) mass is 341 g/mol. The third kappa shape index (κ3) is 6.07. The minimum Gasteiger partial charge on any atom is -0.213 e. The summed E-state index contributed by atoms with van der Waals surface area (Å²) in [5, 5.41) is 0. The molecule has 1 aliphatic rings. The largest absolute Gasteiger partial charge is 0.213 e. The molecule has 0 aromatic rings. The van der Waals surface area contributed by atoms with Crippen molar-refractivity contribution in [2.45, 2.75) is 53.9 Å². The first-order chi connectivity index (χ1) is 10.7. The molecule has 0 radical (unpaired) electrons. The van der Waals surface area contributed by atoms with Crippen LogP contribution in [-0.4, -0.2) is 32.1 Å². The van der Waals surface area contributed by atoms with E-state index >= 15 is 0 Å². The van der Waals surface area contributed by atoms with Gasteiger partial charge in [0, 0.05) is 13.1 Å². The zero-order chi connectivity index (χ0) is 17.6. The van der Waals surface area contributed by atoms with Gasteiger partial charge in [-0.05, 0) is 48.5 Å². The Morgan fingerprint density at radius 2 is 1.83 bits per heavy atom.